The third-order valence-corrected chi connectivity index (χ3v) is 5.62. The van der Waals surface area contributed by atoms with Gasteiger partial charge in [0.1, 0.15) is 0 Å². The molecule has 8 nitrogen and oxygen atoms in total. The minimum atomic E-state index is -0.571. The van der Waals surface area contributed by atoms with E-state index in [1.54, 1.807) is 6.07 Å². The lowest BCUT2D eigenvalue weighted by atomic mass is 10.1. The van der Waals surface area contributed by atoms with Crippen LogP contribution >= 0.6 is 15.9 Å². The summed E-state index contributed by atoms with van der Waals surface area (Å²) in [7, 11) is 0. The van der Waals surface area contributed by atoms with Crippen molar-refractivity contribution in [2.24, 2.45) is 0 Å². The van der Waals surface area contributed by atoms with Crippen molar-refractivity contribution in [2.45, 2.75) is 20.4 Å². The molecule has 4 rings (SSSR count). The van der Waals surface area contributed by atoms with Crippen molar-refractivity contribution in [3.05, 3.63) is 96.8 Å². The number of hydrogen-bond acceptors (Lipinski definition) is 5. The molecule has 0 spiro atoms. The first-order chi connectivity index (χ1) is 14.8. The van der Waals surface area contributed by atoms with E-state index in [1.807, 2.05) is 42.7 Å². The average Bonchev–Trinajstić information content (AvgIpc) is 3.04. The Morgan fingerprint density at radius 1 is 1.16 bits per heavy atom. The van der Waals surface area contributed by atoms with Crippen LogP contribution in [0.2, 0.25) is 0 Å². The maximum absolute atomic E-state index is 13.0. The SMILES string of the molecule is Cc1cc(C(=O)Cn2cnc3ccc([N+](=O)[O-])cc3c2=O)c(C)n1-c1cccc(Br)c1. The zero-order valence-electron chi connectivity index (χ0n) is 16.7. The van der Waals surface area contributed by atoms with Gasteiger partial charge in [0, 0.05) is 39.2 Å². The Labute approximate surface area is 185 Å². The van der Waals surface area contributed by atoms with Gasteiger partial charge in [-0.1, -0.05) is 22.0 Å². The lowest BCUT2D eigenvalue weighted by molar-refractivity contribution is -0.384. The summed E-state index contributed by atoms with van der Waals surface area (Å²) in [6, 6.07) is 13.4. The second-order valence-electron chi connectivity index (χ2n) is 7.16. The predicted molar refractivity (Wildman–Crippen MR) is 120 cm³/mol. The van der Waals surface area contributed by atoms with E-state index >= 15 is 0 Å². The number of rotatable bonds is 5. The minimum Gasteiger partial charge on any atom is -0.318 e. The fraction of sp³-hybridized carbons (Fsp3) is 0.136. The maximum Gasteiger partial charge on any atom is 0.270 e. The van der Waals surface area contributed by atoms with Crippen LogP contribution in [0.15, 0.2) is 64.1 Å². The van der Waals surface area contributed by atoms with Gasteiger partial charge in [-0.3, -0.25) is 24.3 Å². The van der Waals surface area contributed by atoms with Gasteiger partial charge < -0.3 is 4.57 Å². The Balaban J connectivity index is 1.71. The van der Waals surface area contributed by atoms with Crippen molar-refractivity contribution >= 4 is 38.3 Å². The lowest BCUT2D eigenvalue weighted by Crippen LogP contribution is -2.25. The molecule has 0 unspecified atom stereocenters. The second-order valence-corrected chi connectivity index (χ2v) is 8.08. The number of carbonyl (C=O) groups is 1. The number of hydrogen-bond donors (Lipinski definition) is 0. The third kappa shape index (κ3) is 3.79. The number of halogens is 1. The molecule has 0 radical (unpaired) electrons. The number of benzene rings is 2. The number of aryl methyl sites for hydroxylation is 1. The van der Waals surface area contributed by atoms with Gasteiger partial charge in [0.2, 0.25) is 0 Å². The Morgan fingerprint density at radius 3 is 2.65 bits per heavy atom. The lowest BCUT2D eigenvalue weighted by Gasteiger charge is -2.10. The van der Waals surface area contributed by atoms with E-state index in [2.05, 4.69) is 20.9 Å². The van der Waals surface area contributed by atoms with E-state index in [0.29, 0.717) is 11.1 Å². The van der Waals surface area contributed by atoms with Crippen molar-refractivity contribution in [1.82, 2.24) is 14.1 Å². The molecule has 0 N–H and O–H groups in total. The Hall–Kier alpha value is -3.59. The first-order valence-corrected chi connectivity index (χ1v) is 10.2. The van der Waals surface area contributed by atoms with Crippen molar-refractivity contribution in [3.8, 4) is 5.69 Å². The molecule has 0 aliphatic heterocycles. The molecule has 156 valence electrons. The predicted octanol–water partition coefficient (Wildman–Crippen LogP) is 4.36. The van der Waals surface area contributed by atoms with Crippen LogP contribution in [0.1, 0.15) is 21.7 Å². The number of nitro benzene ring substituents is 1. The van der Waals surface area contributed by atoms with Crippen molar-refractivity contribution in [1.29, 1.82) is 0 Å². The molecule has 4 aromatic rings. The van der Waals surface area contributed by atoms with Crippen LogP contribution in [0.25, 0.3) is 16.6 Å². The number of non-ortho nitro benzene ring substituents is 1. The average molecular weight is 481 g/mol. The number of ketones is 1. The van der Waals surface area contributed by atoms with Crippen LogP contribution < -0.4 is 5.56 Å². The highest BCUT2D eigenvalue weighted by Crippen LogP contribution is 2.24. The highest BCUT2D eigenvalue weighted by molar-refractivity contribution is 9.10. The van der Waals surface area contributed by atoms with Crippen molar-refractivity contribution in [2.75, 3.05) is 0 Å². The molecule has 9 heteroatoms. The van der Waals surface area contributed by atoms with Gasteiger partial charge in [-0.2, -0.15) is 0 Å². The summed E-state index contributed by atoms with van der Waals surface area (Å²) in [4.78, 5) is 40.5. The van der Waals surface area contributed by atoms with E-state index in [9.17, 15) is 19.7 Å². The minimum absolute atomic E-state index is 0.101. The number of aromatic nitrogens is 3. The molecular formula is C22H17BrN4O4. The summed E-state index contributed by atoms with van der Waals surface area (Å²) in [6.07, 6.45) is 1.29. The molecule has 31 heavy (non-hydrogen) atoms. The molecule has 0 aliphatic rings. The van der Waals surface area contributed by atoms with Gasteiger partial charge in [-0.25, -0.2) is 4.98 Å². The smallest absolute Gasteiger partial charge is 0.270 e. The molecule has 0 fully saturated rings. The second kappa shape index (κ2) is 7.92. The summed E-state index contributed by atoms with van der Waals surface area (Å²) in [5, 5.41) is 11.1. The number of nitro groups is 1. The topological polar surface area (TPSA) is 100 Å². The molecule has 0 aliphatic carbocycles. The fourth-order valence-electron chi connectivity index (χ4n) is 3.67. The van der Waals surface area contributed by atoms with E-state index < -0.39 is 10.5 Å². The zero-order valence-corrected chi connectivity index (χ0v) is 18.3. The van der Waals surface area contributed by atoms with Crippen LogP contribution in [-0.2, 0) is 6.54 Å². The van der Waals surface area contributed by atoms with E-state index in [1.165, 1.54) is 29.1 Å². The van der Waals surface area contributed by atoms with Crippen LogP contribution in [0, 0.1) is 24.0 Å². The summed E-state index contributed by atoms with van der Waals surface area (Å²) in [5.41, 5.74) is 2.71. The standard InChI is InChI=1S/C22H17BrN4O4/c1-13-8-18(14(2)26(13)16-5-3-4-15(23)9-16)21(28)11-25-12-24-20-7-6-17(27(30)31)10-19(20)22(25)29/h3-10,12H,11H2,1-2H3. The maximum atomic E-state index is 13.0. The largest absolute Gasteiger partial charge is 0.318 e. The van der Waals surface area contributed by atoms with E-state index in [-0.39, 0.29) is 23.4 Å². The summed E-state index contributed by atoms with van der Waals surface area (Å²) >= 11 is 3.46. The quantitative estimate of drug-likeness (QED) is 0.240. The number of nitrogens with zero attached hydrogens (tertiary/aromatic N) is 4. The number of carbonyl (C=O) groups excluding carboxylic acids is 1. The first-order valence-electron chi connectivity index (χ1n) is 9.38. The highest BCUT2D eigenvalue weighted by Gasteiger charge is 2.19. The van der Waals surface area contributed by atoms with Crippen LogP contribution in [0.3, 0.4) is 0 Å². The van der Waals surface area contributed by atoms with Crippen molar-refractivity contribution < 1.29 is 9.72 Å². The first kappa shape index (κ1) is 20.7. The van der Waals surface area contributed by atoms with Crippen LogP contribution in [0.4, 0.5) is 5.69 Å². The zero-order chi connectivity index (χ0) is 22.3. The summed E-state index contributed by atoms with van der Waals surface area (Å²) < 4.78 is 4.08. The molecule has 2 aromatic carbocycles. The van der Waals surface area contributed by atoms with Crippen molar-refractivity contribution in [3.63, 3.8) is 0 Å². The van der Waals surface area contributed by atoms with Gasteiger partial charge in [-0.05, 0) is 44.2 Å². The van der Waals surface area contributed by atoms with Gasteiger partial charge in [0.25, 0.3) is 11.2 Å². The van der Waals surface area contributed by atoms with Gasteiger partial charge in [0.05, 0.1) is 28.7 Å². The Kier molecular flexibility index (Phi) is 5.28. The molecule has 0 atom stereocenters. The summed E-state index contributed by atoms with van der Waals surface area (Å²) in [5.74, 6) is -0.247. The third-order valence-electron chi connectivity index (χ3n) is 5.13. The number of fused-ring (bicyclic) bond motifs is 1. The molecule has 0 bridgehead atoms. The van der Waals surface area contributed by atoms with E-state index in [0.717, 1.165) is 21.5 Å². The molecule has 0 saturated carbocycles. The van der Waals surface area contributed by atoms with Crippen LogP contribution in [-0.4, -0.2) is 24.8 Å². The summed E-state index contributed by atoms with van der Waals surface area (Å²) in [6.45, 7) is 3.55. The normalized spacial score (nSPS) is 11.1. The van der Waals surface area contributed by atoms with Gasteiger partial charge in [0.15, 0.2) is 5.78 Å². The fourth-order valence-corrected chi connectivity index (χ4v) is 4.06. The van der Waals surface area contributed by atoms with E-state index in [4.69, 9.17) is 0 Å². The Morgan fingerprint density at radius 2 is 1.94 bits per heavy atom. The Bertz CT molecular complexity index is 1420. The van der Waals surface area contributed by atoms with Gasteiger partial charge >= 0.3 is 0 Å². The molecule has 2 heterocycles. The van der Waals surface area contributed by atoms with Crippen LogP contribution in [0.5, 0.6) is 0 Å². The molecule has 0 saturated heterocycles. The highest BCUT2D eigenvalue weighted by atomic mass is 79.9. The molecule has 0 amide bonds. The molecular weight excluding hydrogens is 464 g/mol. The molecule has 2 aromatic heterocycles. The number of Topliss-reactive ketones (excluding diaryl/α,β-unsaturated/α-hetero) is 1. The van der Waals surface area contributed by atoms with Gasteiger partial charge in [-0.15, -0.1) is 0 Å². The monoisotopic (exact) mass is 480 g/mol.